The van der Waals surface area contributed by atoms with Gasteiger partial charge in [0.1, 0.15) is 12.1 Å². The third kappa shape index (κ3) is 3.81. The van der Waals surface area contributed by atoms with E-state index in [0.29, 0.717) is 13.1 Å². The molecule has 1 saturated heterocycles. The highest BCUT2D eigenvalue weighted by Crippen LogP contribution is 2.27. The van der Waals surface area contributed by atoms with Crippen molar-refractivity contribution in [1.82, 2.24) is 9.97 Å². The van der Waals surface area contributed by atoms with Gasteiger partial charge >= 0.3 is 0 Å². The lowest BCUT2D eigenvalue weighted by molar-refractivity contribution is -0.120. The zero-order valence-electron chi connectivity index (χ0n) is 16.0. The summed E-state index contributed by atoms with van der Waals surface area (Å²) in [7, 11) is 3.99. The third-order valence-electron chi connectivity index (χ3n) is 4.95. The Morgan fingerprint density at radius 3 is 2.43 bits per heavy atom. The predicted molar refractivity (Wildman–Crippen MR) is 113 cm³/mol. The van der Waals surface area contributed by atoms with E-state index >= 15 is 0 Å². The lowest BCUT2D eigenvalue weighted by Crippen LogP contribution is -2.52. The number of rotatable bonds is 5. The zero-order chi connectivity index (χ0) is 19.5. The van der Waals surface area contributed by atoms with Gasteiger partial charge in [0, 0.05) is 50.2 Å². The molecule has 1 N–H and O–H groups in total. The molecule has 0 unspecified atom stereocenters. The third-order valence-corrected chi connectivity index (χ3v) is 4.95. The number of carbonyl (C=O) groups is 1. The van der Waals surface area contributed by atoms with Gasteiger partial charge in [0.25, 0.3) is 0 Å². The van der Waals surface area contributed by atoms with Crippen LogP contribution >= 0.6 is 0 Å². The summed E-state index contributed by atoms with van der Waals surface area (Å²) in [6.45, 7) is 1.32. The first-order valence-electron chi connectivity index (χ1n) is 9.31. The van der Waals surface area contributed by atoms with Crippen molar-refractivity contribution in [3.63, 3.8) is 0 Å². The number of hydrogen-bond acceptors (Lipinski definition) is 5. The van der Waals surface area contributed by atoms with E-state index in [9.17, 15) is 4.79 Å². The van der Waals surface area contributed by atoms with E-state index in [-0.39, 0.29) is 11.8 Å². The van der Waals surface area contributed by atoms with Gasteiger partial charge in [-0.2, -0.15) is 0 Å². The molecular formula is C22H23N5O. The highest BCUT2D eigenvalue weighted by molar-refractivity contribution is 5.94. The predicted octanol–water partition coefficient (Wildman–Crippen LogP) is 3.28. The lowest BCUT2D eigenvalue weighted by Gasteiger charge is -2.39. The van der Waals surface area contributed by atoms with Crippen molar-refractivity contribution < 1.29 is 4.79 Å². The molecule has 1 aromatic heterocycles. The van der Waals surface area contributed by atoms with Crippen LogP contribution in [0.15, 0.2) is 67.0 Å². The Morgan fingerprint density at radius 1 is 1.04 bits per heavy atom. The molecule has 0 saturated carbocycles. The molecule has 0 radical (unpaired) electrons. The standard InChI is InChI=1S/C22H23N5O/c1-26(2)19-10-8-18(9-11-19)25-22(28)17-13-27(14-17)21-12-20(23-15-24-21)16-6-4-3-5-7-16/h3-12,15,17H,13-14H2,1-2H3,(H,25,28). The molecule has 1 aliphatic rings. The molecule has 0 spiro atoms. The Hall–Kier alpha value is -3.41. The van der Waals surface area contributed by atoms with E-state index < -0.39 is 0 Å². The minimum atomic E-state index is -0.0383. The van der Waals surface area contributed by atoms with Crippen LogP contribution in [-0.2, 0) is 4.79 Å². The normalized spacial score (nSPS) is 13.7. The minimum Gasteiger partial charge on any atom is -0.378 e. The number of hydrogen-bond donors (Lipinski definition) is 1. The Kier molecular flexibility index (Phi) is 4.93. The average molecular weight is 373 g/mol. The molecule has 1 amide bonds. The molecule has 2 heterocycles. The Bertz CT molecular complexity index is 950. The Morgan fingerprint density at radius 2 is 1.75 bits per heavy atom. The molecular weight excluding hydrogens is 350 g/mol. The fourth-order valence-corrected chi connectivity index (χ4v) is 3.21. The molecule has 0 bridgehead atoms. The van der Waals surface area contributed by atoms with Crippen molar-refractivity contribution in [2.45, 2.75) is 0 Å². The van der Waals surface area contributed by atoms with E-state index in [2.05, 4.69) is 20.2 Å². The van der Waals surface area contributed by atoms with Gasteiger partial charge in [-0.1, -0.05) is 30.3 Å². The van der Waals surface area contributed by atoms with Gasteiger partial charge in [-0.3, -0.25) is 4.79 Å². The monoisotopic (exact) mass is 373 g/mol. The maximum atomic E-state index is 12.5. The molecule has 28 heavy (non-hydrogen) atoms. The van der Waals surface area contributed by atoms with Gasteiger partial charge < -0.3 is 15.1 Å². The number of nitrogens with one attached hydrogen (secondary N) is 1. The molecule has 1 aliphatic heterocycles. The van der Waals surface area contributed by atoms with Crippen LogP contribution in [0, 0.1) is 5.92 Å². The van der Waals surface area contributed by atoms with E-state index in [1.165, 1.54) is 0 Å². The second-order valence-corrected chi connectivity index (χ2v) is 7.16. The fourth-order valence-electron chi connectivity index (χ4n) is 3.21. The Labute approximate surface area is 164 Å². The van der Waals surface area contributed by atoms with Gasteiger partial charge in [-0.15, -0.1) is 0 Å². The van der Waals surface area contributed by atoms with Crippen LogP contribution in [0.4, 0.5) is 17.2 Å². The van der Waals surface area contributed by atoms with Gasteiger partial charge in [-0.25, -0.2) is 9.97 Å². The number of carbonyl (C=O) groups excluding carboxylic acids is 1. The first-order valence-corrected chi connectivity index (χ1v) is 9.31. The van der Waals surface area contributed by atoms with Crippen LogP contribution in [0.5, 0.6) is 0 Å². The molecule has 2 aromatic carbocycles. The SMILES string of the molecule is CN(C)c1ccc(NC(=O)C2CN(c3cc(-c4ccccc4)ncn3)C2)cc1. The fraction of sp³-hybridized carbons (Fsp3) is 0.227. The highest BCUT2D eigenvalue weighted by Gasteiger charge is 2.33. The lowest BCUT2D eigenvalue weighted by atomic mass is 9.99. The molecule has 6 nitrogen and oxygen atoms in total. The molecule has 3 aromatic rings. The van der Waals surface area contributed by atoms with Crippen LogP contribution in [0.3, 0.4) is 0 Å². The first-order chi connectivity index (χ1) is 13.6. The molecule has 4 rings (SSSR count). The highest BCUT2D eigenvalue weighted by atomic mass is 16.2. The van der Waals surface area contributed by atoms with Crippen molar-refractivity contribution >= 4 is 23.1 Å². The molecule has 0 aliphatic carbocycles. The summed E-state index contributed by atoms with van der Waals surface area (Å²) >= 11 is 0. The number of benzene rings is 2. The van der Waals surface area contributed by atoms with Crippen LogP contribution in [-0.4, -0.2) is 43.1 Å². The van der Waals surface area contributed by atoms with Gasteiger partial charge in [0.2, 0.25) is 5.91 Å². The summed E-state index contributed by atoms with van der Waals surface area (Å²) in [4.78, 5) is 25.4. The molecule has 1 fully saturated rings. The maximum absolute atomic E-state index is 12.5. The largest absolute Gasteiger partial charge is 0.378 e. The second kappa shape index (κ2) is 7.68. The molecule has 6 heteroatoms. The molecule has 0 atom stereocenters. The van der Waals surface area contributed by atoms with E-state index in [0.717, 1.165) is 28.5 Å². The van der Waals surface area contributed by atoms with Gasteiger partial charge in [0.15, 0.2) is 0 Å². The van der Waals surface area contributed by atoms with E-state index in [4.69, 9.17) is 0 Å². The average Bonchev–Trinajstić information content (AvgIpc) is 2.68. The zero-order valence-corrected chi connectivity index (χ0v) is 16.0. The number of aromatic nitrogens is 2. The van der Waals surface area contributed by atoms with Crippen LogP contribution in [0.1, 0.15) is 0 Å². The molecule has 142 valence electrons. The van der Waals surface area contributed by atoms with Crippen LogP contribution in [0.25, 0.3) is 11.3 Å². The maximum Gasteiger partial charge on any atom is 0.231 e. The van der Waals surface area contributed by atoms with Gasteiger partial charge in [0.05, 0.1) is 11.6 Å². The first kappa shape index (κ1) is 18.0. The topological polar surface area (TPSA) is 61.4 Å². The van der Waals surface area contributed by atoms with Crippen molar-refractivity contribution in [2.24, 2.45) is 5.92 Å². The van der Waals surface area contributed by atoms with Crippen molar-refractivity contribution in [3.05, 3.63) is 67.0 Å². The van der Waals surface area contributed by atoms with Crippen LogP contribution < -0.4 is 15.1 Å². The van der Waals surface area contributed by atoms with E-state index in [1.807, 2.05) is 79.7 Å². The van der Waals surface area contributed by atoms with Crippen molar-refractivity contribution in [1.29, 1.82) is 0 Å². The minimum absolute atomic E-state index is 0.0383. The van der Waals surface area contributed by atoms with Gasteiger partial charge in [-0.05, 0) is 24.3 Å². The smallest absolute Gasteiger partial charge is 0.231 e. The van der Waals surface area contributed by atoms with Crippen molar-refractivity contribution in [3.8, 4) is 11.3 Å². The summed E-state index contributed by atoms with van der Waals surface area (Å²) in [5, 5.41) is 3.00. The van der Waals surface area contributed by atoms with E-state index in [1.54, 1.807) is 6.33 Å². The summed E-state index contributed by atoms with van der Waals surface area (Å²) in [6.07, 6.45) is 1.58. The number of amides is 1. The Balaban J connectivity index is 1.36. The summed E-state index contributed by atoms with van der Waals surface area (Å²) in [5.41, 5.74) is 3.87. The quantitative estimate of drug-likeness (QED) is 0.744. The summed E-state index contributed by atoms with van der Waals surface area (Å²) in [6, 6.07) is 19.9. The second-order valence-electron chi connectivity index (χ2n) is 7.16. The van der Waals surface area contributed by atoms with Crippen molar-refractivity contribution in [2.75, 3.05) is 42.3 Å². The number of nitrogens with zero attached hydrogens (tertiary/aromatic N) is 4. The summed E-state index contributed by atoms with van der Waals surface area (Å²) in [5.74, 6) is 0.864. The van der Waals surface area contributed by atoms with Crippen LogP contribution in [0.2, 0.25) is 0 Å². The number of anilines is 3. The summed E-state index contributed by atoms with van der Waals surface area (Å²) < 4.78 is 0.